The predicted octanol–water partition coefficient (Wildman–Crippen LogP) is 1.89. The molecule has 0 saturated carbocycles. The Kier molecular flexibility index (Phi) is 7.29. The topological polar surface area (TPSA) is 163 Å². The van der Waals surface area contributed by atoms with Gasteiger partial charge >= 0.3 is 5.97 Å². The number of hydrogen-bond acceptors (Lipinski definition) is 9. The van der Waals surface area contributed by atoms with Gasteiger partial charge in [0.2, 0.25) is 11.7 Å². The normalized spacial score (nSPS) is 14.4. The second kappa shape index (κ2) is 9.52. The SMILES string of the molecule is CC(O)C(=O)O.COc1cc(Cc2cnc(N)nc2N)c2c(c1OC)OC(C)(C)C=C2. The van der Waals surface area contributed by atoms with E-state index in [9.17, 15) is 4.79 Å². The van der Waals surface area contributed by atoms with Crippen LogP contribution in [0.25, 0.3) is 6.08 Å². The summed E-state index contributed by atoms with van der Waals surface area (Å²) < 4.78 is 17.1. The van der Waals surface area contributed by atoms with Gasteiger partial charge in [-0.1, -0.05) is 6.08 Å². The van der Waals surface area contributed by atoms with Crippen LogP contribution in [0.4, 0.5) is 11.8 Å². The second-order valence-corrected chi connectivity index (χ2v) is 7.38. The van der Waals surface area contributed by atoms with Gasteiger partial charge in [0.05, 0.1) is 14.2 Å². The van der Waals surface area contributed by atoms with Crippen molar-refractivity contribution in [3.8, 4) is 17.2 Å². The third-order valence-corrected chi connectivity index (χ3v) is 4.42. The van der Waals surface area contributed by atoms with Crippen molar-refractivity contribution in [2.45, 2.75) is 38.9 Å². The standard InChI is InChI=1S/C18H22N4O3.C3H6O3/c1-18(2)6-5-12-10(7-11-9-21-17(20)22-16(11)19)8-13(23-3)15(24-4)14(12)25-18;1-2(4)3(5)6/h5-6,8-9H,7H2,1-4H3,(H4,19,20,21,22);2,4H,1H3,(H,5,6). The molecule has 0 radical (unpaired) electrons. The van der Waals surface area contributed by atoms with E-state index < -0.39 is 17.7 Å². The number of aromatic nitrogens is 2. The number of nitrogens with two attached hydrogens (primary N) is 2. The summed E-state index contributed by atoms with van der Waals surface area (Å²) in [5.74, 6) is 1.14. The molecule has 168 valence electrons. The first-order valence-electron chi connectivity index (χ1n) is 9.43. The summed E-state index contributed by atoms with van der Waals surface area (Å²) >= 11 is 0. The van der Waals surface area contributed by atoms with Gasteiger partial charge in [-0.25, -0.2) is 9.78 Å². The van der Waals surface area contributed by atoms with Crippen LogP contribution in [0.2, 0.25) is 0 Å². The van der Waals surface area contributed by atoms with Gasteiger partial charge < -0.3 is 35.9 Å². The maximum atomic E-state index is 9.45. The Morgan fingerprint density at radius 3 is 2.42 bits per heavy atom. The lowest BCUT2D eigenvalue weighted by atomic mass is 9.94. The maximum absolute atomic E-state index is 9.45. The largest absolute Gasteiger partial charge is 0.493 e. The molecule has 0 fully saturated rings. The van der Waals surface area contributed by atoms with Gasteiger partial charge in [-0.15, -0.1) is 0 Å². The molecule has 2 heterocycles. The monoisotopic (exact) mass is 432 g/mol. The van der Waals surface area contributed by atoms with Crippen molar-refractivity contribution >= 4 is 23.8 Å². The highest BCUT2D eigenvalue weighted by Crippen LogP contribution is 2.47. The molecule has 0 saturated heterocycles. The summed E-state index contributed by atoms with van der Waals surface area (Å²) in [6, 6.07) is 1.92. The Bertz CT molecular complexity index is 988. The molecule has 1 atom stereocenters. The molecule has 1 aliphatic rings. The molecule has 2 aromatic rings. The van der Waals surface area contributed by atoms with E-state index in [0.717, 1.165) is 16.7 Å². The van der Waals surface area contributed by atoms with Gasteiger partial charge in [-0.2, -0.15) is 4.98 Å². The summed E-state index contributed by atoms with van der Waals surface area (Å²) in [5.41, 5.74) is 13.8. The fourth-order valence-corrected chi connectivity index (χ4v) is 2.81. The molecule has 1 unspecified atom stereocenters. The van der Waals surface area contributed by atoms with Crippen molar-refractivity contribution in [1.82, 2.24) is 9.97 Å². The van der Waals surface area contributed by atoms with Gasteiger partial charge in [0.15, 0.2) is 11.5 Å². The highest BCUT2D eigenvalue weighted by atomic mass is 16.5. The van der Waals surface area contributed by atoms with Crippen LogP contribution in [0.15, 0.2) is 18.3 Å². The maximum Gasteiger partial charge on any atom is 0.332 e. The lowest BCUT2D eigenvalue weighted by molar-refractivity contribution is -0.145. The quantitative estimate of drug-likeness (QED) is 0.548. The van der Waals surface area contributed by atoms with E-state index >= 15 is 0 Å². The fourth-order valence-electron chi connectivity index (χ4n) is 2.81. The number of benzene rings is 1. The van der Waals surface area contributed by atoms with Crippen molar-refractivity contribution in [3.63, 3.8) is 0 Å². The zero-order valence-corrected chi connectivity index (χ0v) is 18.2. The van der Waals surface area contributed by atoms with Crippen LogP contribution < -0.4 is 25.7 Å². The number of carboxylic acid groups (broad SMARTS) is 1. The molecule has 0 spiro atoms. The van der Waals surface area contributed by atoms with Crippen LogP contribution in [0.1, 0.15) is 37.5 Å². The summed E-state index contributed by atoms with van der Waals surface area (Å²) in [7, 11) is 3.19. The molecule has 0 amide bonds. The van der Waals surface area contributed by atoms with E-state index in [1.54, 1.807) is 20.4 Å². The zero-order valence-electron chi connectivity index (χ0n) is 18.2. The van der Waals surface area contributed by atoms with Crippen LogP contribution in [0.3, 0.4) is 0 Å². The number of aliphatic hydroxyl groups excluding tert-OH is 1. The number of nitrogen functional groups attached to an aromatic ring is 2. The Balaban J connectivity index is 0.000000501. The van der Waals surface area contributed by atoms with E-state index in [1.807, 2.05) is 32.1 Å². The second-order valence-electron chi connectivity index (χ2n) is 7.38. The van der Waals surface area contributed by atoms with Crippen molar-refractivity contribution in [3.05, 3.63) is 35.0 Å². The average Bonchev–Trinajstić information content (AvgIpc) is 2.69. The van der Waals surface area contributed by atoms with Gasteiger partial charge in [0, 0.05) is 23.7 Å². The van der Waals surface area contributed by atoms with Crippen molar-refractivity contribution in [2.75, 3.05) is 25.7 Å². The number of carbonyl (C=O) groups is 1. The molecule has 31 heavy (non-hydrogen) atoms. The van der Waals surface area contributed by atoms with Crippen LogP contribution >= 0.6 is 0 Å². The number of fused-ring (bicyclic) bond motifs is 1. The van der Waals surface area contributed by atoms with Crippen molar-refractivity contribution < 1.29 is 29.2 Å². The Hall–Kier alpha value is -3.53. The van der Waals surface area contributed by atoms with E-state index in [0.29, 0.717) is 29.5 Å². The summed E-state index contributed by atoms with van der Waals surface area (Å²) in [6.45, 7) is 5.16. The molecule has 1 aromatic heterocycles. The van der Waals surface area contributed by atoms with Crippen LogP contribution in [0, 0.1) is 0 Å². The lowest BCUT2D eigenvalue weighted by Crippen LogP contribution is -2.28. The Labute approximate surface area is 180 Å². The molecule has 10 nitrogen and oxygen atoms in total. The van der Waals surface area contributed by atoms with E-state index in [1.165, 1.54) is 6.92 Å². The van der Waals surface area contributed by atoms with Crippen LogP contribution in [-0.2, 0) is 11.2 Å². The molecular formula is C21H28N4O6. The molecule has 1 aliphatic heterocycles. The summed E-state index contributed by atoms with van der Waals surface area (Å²) in [6.07, 6.45) is 4.96. The number of nitrogens with zero attached hydrogens (tertiary/aromatic N) is 2. The van der Waals surface area contributed by atoms with Gasteiger partial charge in [-0.3, -0.25) is 0 Å². The number of ether oxygens (including phenoxy) is 3. The number of aliphatic hydroxyl groups is 1. The Morgan fingerprint density at radius 2 is 1.90 bits per heavy atom. The number of carboxylic acids is 1. The Morgan fingerprint density at radius 1 is 1.26 bits per heavy atom. The highest BCUT2D eigenvalue weighted by Gasteiger charge is 2.29. The van der Waals surface area contributed by atoms with E-state index in [4.69, 9.17) is 35.9 Å². The highest BCUT2D eigenvalue weighted by molar-refractivity contribution is 5.73. The fraction of sp³-hybridized carbons (Fsp3) is 0.381. The number of hydrogen-bond donors (Lipinski definition) is 4. The number of methoxy groups -OCH3 is 2. The molecule has 0 aliphatic carbocycles. The first-order valence-corrected chi connectivity index (χ1v) is 9.43. The zero-order chi connectivity index (χ0) is 23.3. The van der Waals surface area contributed by atoms with E-state index in [-0.39, 0.29) is 5.95 Å². The van der Waals surface area contributed by atoms with E-state index in [2.05, 4.69) is 9.97 Å². The molecule has 6 N–H and O–H groups in total. The van der Waals surface area contributed by atoms with Gasteiger partial charge in [0.25, 0.3) is 0 Å². The van der Waals surface area contributed by atoms with Crippen molar-refractivity contribution in [2.24, 2.45) is 0 Å². The molecule has 3 rings (SSSR count). The molecule has 10 heteroatoms. The lowest BCUT2D eigenvalue weighted by Gasteiger charge is -2.30. The molecular weight excluding hydrogens is 404 g/mol. The first kappa shape index (κ1) is 23.7. The van der Waals surface area contributed by atoms with Crippen LogP contribution in [0.5, 0.6) is 17.2 Å². The molecule has 0 bridgehead atoms. The first-order chi connectivity index (χ1) is 14.5. The third-order valence-electron chi connectivity index (χ3n) is 4.42. The van der Waals surface area contributed by atoms with Crippen LogP contribution in [-0.4, -0.2) is 52.1 Å². The van der Waals surface area contributed by atoms with Gasteiger partial charge in [-0.05, 0) is 38.5 Å². The minimum atomic E-state index is -1.23. The number of rotatable bonds is 5. The summed E-state index contributed by atoms with van der Waals surface area (Å²) in [4.78, 5) is 17.5. The summed E-state index contributed by atoms with van der Waals surface area (Å²) in [5, 5.41) is 15.8. The minimum absolute atomic E-state index is 0.153. The average molecular weight is 432 g/mol. The number of aliphatic carboxylic acids is 1. The third kappa shape index (κ3) is 5.76. The smallest absolute Gasteiger partial charge is 0.332 e. The minimum Gasteiger partial charge on any atom is -0.493 e. The van der Waals surface area contributed by atoms with Gasteiger partial charge in [0.1, 0.15) is 17.5 Å². The molecule has 1 aromatic carbocycles. The number of anilines is 2. The van der Waals surface area contributed by atoms with Crippen molar-refractivity contribution in [1.29, 1.82) is 0 Å². The predicted molar refractivity (Wildman–Crippen MR) is 116 cm³/mol.